The Morgan fingerprint density at radius 2 is 1.32 bits per heavy atom. The minimum atomic E-state index is 1.30. The third-order valence-electron chi connectivity index (χ3n) is 3.56. The molecular formula is C18H12S. The summed E-state index contributed by atoms with van der Waals surface area (Å²) >= 11 is 1.82. The van der Waals surface area contributed by atoms with Crippen LogP contribution in [0.2, 0.25) is 0 Å². The first-order valence-electron chi connectivity index (χ1n) is 6.38. The van der Waals surface area contributed by atoms with Gasteiger partial charge in [-0.2, -0.15) is 0 Å². The van der Waals surface area contributed by atoms with Crippen LogP contribution < -0.4 is 0 Å². The molecule has 0 bridgehead atoms. The van der Waals surface area contributed by atoms with Gasteiger partial charge in [-0.15, -0.1) is 11.3 Å². The van der Waals surface area contributed by atoms with E-state index in [4.69, 9.17) is 0 Å². The molecule has 0 aliphatic rings. The van der Waals surface area contributed by atoms with E-state index in [1.165, 1.54) is 32.0 Å². The smallest absolute Gasteiger partial charge is 0.0421 e. The molecule has 0 nitrogen and oxygen atoms in total. The SMILES string of the molecule is c1ccc2c(-c3cccc4ccsc34)cccc2c1. The molecule has 0 aliphatic heterocycles. The van der Waals surface area contributed by atoms with Crippen LogP contribution >= 0.6 is 11.3 Å². The van der Waals surface area contributed by atoms with Crippen LogP contribution in [0.15, 0.2) is 72.1 Å². The molecule has 19 heavy (non-hydrogen) atoms. The van der Waals surface area contributed by atoms with E-state index in [0.717, 1.165) is 0 Å². The molecule has 0 radical (unpaired) electrons. The lowest BCUT2D eigenvalue weighted by atomic mass is 9.97. The number of rotatable bonds is 1. The molecule has 0 atom stereocenters. The third-order valence-corrected chi connectivity index (χ3v) is 4.52. The second-order valence-electron chi connectivity index (χ2n) is 4.67. The third kappa shape index (κ3) is 1.66. The van der Waals surface area contributed by atoms with Crippen molar-refractivity contribution >= 4 is 32.2 Å². The fraction of sp³-hybridized carbons (Fsp3) is 0. The van der Waals surface area contributed by atoms with E-state index >= 15 is 0 Å². The average Bonchev–Trinajstić information content (AvgIpc) is 2.95. The van der Waals surface area contributed by atoms with Crippen molar-refractivity contribution in [2.75, 3.05) is 0 Å². The van der Waals surface area contributed by atoms with Crippen molar-refractivity contribution in [2.24, 2.45) is 0 Å². The lowest BCUT2D eigenvalue weighted by Crippen LogP contribution is -1.81. The molecule has 4 aromatic rings. The van der Waals surface area contributed by atoms with Crippen LogP contribution in [0, 0.1) is 0 Å². The van der Waals surface area contributed by atoms with Crippen molar-refractivity contribution in [2.45, 2.75) is 0 Å². The zero-order valence-corrected chi connectivity index (χ0v) is 11.2. The van der Waals surface area contributed by atoms with Gasteiger partial charge in [0, 0.05) is 10.3 Å². The summed E-state index contributed by atoms with van der Waals surface area (Å²) in [6.07, 6.45) is 0. The van der Waals surface area contributed by atoms with E-state index in [1.54, 1.807) is 0 Å². The molecule has 0 amide bonds. The quantitative estimate of drug-likeness (QED) is 0.410. The Labute approximate surface area is 115 Å². The summed E-state index contributed by atoms with van der Waals surface area (Å²) in [4.78, 5) is 0. The molecule has 0 N–H and O–H groups in total. The summed E-state index contributed by atoms with van der Waals surface area (Å²) in [5, 5.41) is 6.12. The normalized spacial score (nSPS) is 11.2. The molecule has 0 spiro atoms. The molecule has 0 fully saturated rings. The first kappa shape index (κ1) is 10.8. The van der Waals surface area contributed by atoms with Crippen LogP contribution in [-0.2, 0) is 0 Å². The van der Waals surface area contributed by atoms with Gasteiger partial charge in [-0.05, 0) is 33.2 Å². The Morgan fingerprint density at radius 1 is 0.579 bits per heavy atom. The second-order valence-corrected chi connectivity index (χ2v) is 5.59. The average molecular weight is 260 g/mol. The second kappa shape index (κ2) is 4.22. The van der Waals surface area contributed by atoms with Gasteiger partial charge in [-0.25, -0.2) is 0 Å². The Bertz CT molecular complexity index is 866. The minimum absolute atomic E-state index is 1.30. The monoisotopic (exact) mass is 260 g/mol. The Hall–Kier alpha value is -2.12. The van der Waals surface area contributed by atoms with Gasteiger partial charge in [-0.3, -0.25) is 0 Å². The lowest BCUT2D eigenvalue weighted by Gasteiger charge is -2.08. The van der Waals surface area contributed by atoms with E-state index in [0.29, 0.717) is 0 Å². The van der Waals surface area contributed by atoms with Crippen molar-refractivity contribution in [3.63, 3.8) is 0 Å². The summed E-state index contributed by atoms with van der Waals surface area (Å²) in [5.41, 5.74) is 2.66. The topological polar surface area (TPSA) is 0 Å². The van der Waals surface area contributed by atoms with Gasteiger partial charge >= 0.3 is 0 Å². The van der Waals surface area contributed by atoms with Crippen LogP contribution in [0.3, 0.4) is 0 Å². The fourth-order valence-corrected chi connectivity index (χ4v) is 3.59. The minimum Gasteiger partial charge on any atom is -0.143 e. The van der Waals surface area contributed by atoms with Crippen LogP contribution in [-0.4, -0.2) is 0 Å². The summed E-state index contributed by atoms with van der Waals surface area (Å²) in [7, 11) is 0. The predicted molar refractivity (Wildman–Crippen MR) is 84.8 cm³/mol. The number of hydrogen-bond donors (Lipinski definition) is 0. The van der Waals surface area contributed by atoms with E-state index in [-0.39, 0.29) is 0 Å². The Morgan fingerprint density at radius 3 is 2.26 bits per heavy atom. The van der Waals surface area contributed by atoms with Crippen molar-refractivity contribution in [3.05, 3.63) is 72.1 Å². The van der Waals surface area contributed by atoms with Crippen molar-refractivity contribution in [1.29, 1.82) is 0 Å². The molecule has 1 aromatic heterocycles. The highest BCUT2D eigenvalue weighted by Gasteiger charge is 2.07. The molecule has 4 rings (SSSR count). The zero-order valence-electron chi connectivity index (χ0n) is 10.3. The van der Waals surface area contributed by atoms with Gasteiger partial charge in [0.2, 0.25) is 0 Å². The largest absolute Gasteiger partial charge is 0.143 e. The number of fused-ring (bicyclic) bond motifs is 2. The molecule has 0 saturated carbocycles. The highest BCUT2D eigenvalue weighted by molar-refractivity contribution is 7.17. The summed E-state index contributed by atoms with van der Waals surface area (Å²) in [6.45, 7) is 0. The van der Waals surface area contributed by atoms with Crippen LogP contribution in [0.5, 0.6) is 0 Å². The van der Waals surface area contributed by atoms with Gasteiger partial charge in [0.15, 0.2) is 0 Å². The van der Waals surface area contributed by atoms with Gasteiger partial charge in [0.1, 0.15) is 0 Å². The standard InChI is InChI=1S/C18H12S/c1-2-8-15-13(5-1)6-3-9-16(15)17-10-4-7-14-11-12-19-18(14)17/h1-12H. The summed E-state index contributed by atoms with van der Waals surface area (Å²) in [5.74, 6) is 0. The maximum Gasteiger partial charge on any atom is 0.0421 e. The highest BCUT2D eigenvalue weighted by Crippen LogP contribution is 2.36. The van der Waals surface area contributed by atoms with Crippen LogP contribution in [0.4, 0.5) is 0 Å². The van der Waals surface area contributed by atoms with E-state index < -0.39 is 0 Å². The molecule has 1 heteroatoms. The summed E-state index contributed by atoms with van der Waals surface area (Å²) < 4.78 is 1.37. The molecule has 0 aliphatic carbocycles. The Balaban J connectivity index is 2.12. The van der Waals surface area contributed by atoms with Crippen molar-refractivity contribution < 1.29 is 0 Å². The first-order valence-corrected chi connectivity index (χ1v) is 7.26. The highest BCUT2D eigenvalue weighted by atomic mass is 32.1. The zero-order chi connectivity index (χ0) is 12.7. The van der Waals surface area contributed by atoms with Gasteiger partial charge in [-0.1, -0.05) is 60.7 Å². The predicted octanol–water partition coefficient (Wildman–Crippen LogP) is 5.72. The van der Waals surface area contributed by atoms with Crippen molar-refractivity contribution in [3.8, 4) is 11.1 Å². The van der Waals surface area contributed by atoms with Gasteiger partial charge < -0.3 is 0 Å². The van der Waals surface area contributed by atoms with E-state index in [2.05, 4.69) is 72.1 Å². The first-order chi connectivity index (χ1) is 9.43. The van der Waals surface area contributed by atoms with Crippen LogP contribution in [0.1, 0.15) is 0 Å². The maximum atomic E-state index is 2.22. The van der Waals surface area contributed by atoms with Crippen LogP contribution in [0.25, 0.3) is 32.0 Å². The van der Waals surface area contributed by atoms with Crippen molar-refractivity contribution in [1.82, 2.24) is 0 Å². The molecule has 3 aromatic carbocycles. The number of hydrogen-bond acceptors (Lipinski definition) is 1. The molecule has 90 valence electrons. The number of thiophene rings is 1. The molecular weight excluding hydrogens is 248 g/mol. The summed E-state index contributed by atoms with van der Waals surface area (Å²) in [6, 6.07) is 23.9. The molecule has 0 saturated heterocycles. The number of benzene rings is 3. The maximum absolute atomic E-state index is 2.22. The van der Waals surface area contributed by atoms with E-state index in [1.807, 2.05) is 11.3 Å². The van der Waals surface area contributed by atoms with E-state index in [9.17, 15) is 0 Å². The fourth-order valence-electron chi connectivity index (χ4n) is 2.67. The lowest BCUT2D eigenvalue weighted by molar-refractivity contribution is 1.71. The van der Waals surface area contributed by atoms with Gasteiger partial charge in [0.05, 0.1) is 0 Å². The molecule has 0 unspecified atom stereocenters. The Kier molecular flexibility index (Phi) is 2.39. The van der Waals surface area contributed by atoms with Gasteiger partial charge in [0.25, 0.3) is 0 Å². The molecule has 1 heterocycles.